The molecule has 5 nitrogen and oxygen atoms in total. The van der Waals surface area contributed by atoms with Crippen LogP contribution in [0.3, 0.4) is 0 Å². The lowest BCUT2D eigenvalue weighted by Gasteiger charge is -2.04. The molecule has 0 rings (SSSR count). The van der Waals surface area contributed by atoms with Crippen molar-refractivity contribution in [1.82, 2.24) is 0 Å². The first-order valence-electron chi connectivity index (χ1n) is 15.7. The van der Waals surface area contributed by atoms with Crippen LogP contribution in [0.15, 0.2) is 12.2 Å². The van der Waals surface area contributed by atoms with Crippen LogP contribution in [0.2, 0.25) is 0 Å². The molecule has 0 aliphatic rings. The maximum Gasteiger partial charge on any atom is 0.313 e. The van der Waals surface area contributed by atoms with Gasteiger partial charge in [0.1, 0.15) is 0 Å². The predicted molar refractivity (Wildman–Crippen MR) is 154 cm³/mol. The maximum atomic E-state index is 11.8. The minimum atomic E-state index is -0.745. The second-order valence-corrected chi connectivity index (χ2v) is 10.6. The van der Waals surface area contributed by atoms with E-state index >= 15 is 0 Å². The fraction of sp³-hybridized carbons (Fsp3) is 0.844. The Hall–Kier alpha value is -1.65. The molecule has 5 heteroatoms. The fourth-order valence-corrected chi connectivity index (χ4v) is 4.53. The molecule has 0 saturated carbocycles. The van der Waals surface area contributed by atoms with Crippen LogP contribution in [0.4, 0.5) is 0 Å². The van der Waals surface area contributed by atoms with Crippen molar-refractivity contribution in [2.45, 2.75) is 174 Å². The summed E-state index contributed by atoms with van der Waals surface area (Å²) < 4.78 is 4.91. The van der Waals surface area contributed by atoms with Crippen LogP contribution in [-0.2, 0) is 19.1 Å². The molecule has 0 unspecified atom stereocenters. The van der Waals surface area contributed by atoms with E-state index in [4.69, 9.17) is 9.84 Å². The summed E-state index contributed by atoms with van der Waals surface area (Å²) in [5.41, 5.74) is 0. The summed E-state index contributed by atoms with van der Waals surface area (Å²) in [5, 5.41) is 8.59. The zero-order valence-electron chi connectivity index (χ0n) is 24.1. The van der Waals surface area contributed by atoms with Crippen molar-refractivity contribution in [2.24, 2.45) is 0 Å². The molecule has 1 N–H and O–H groups in total. The number of carboxylic acid groups (broad SMARTS) is 1. The van der Waals surface area contributed by atoms with Gasteiger partial charge < -0.3 is 9.84 Å². The summed E-state index contributed by atoms with van der Waals surface area (Å²) >= 11 is 0. The van der Waals surface area contributed by atoms with E-state index in [0.717, 1.165) is 51.4 Å². The molecule has 0 aliphatic heterocycles. The minimum Gasteiger partial charge on any atom is -0.481 e. The van der Waals surface area contributed by atoms with Gasteiger partial charge in [-0.15, -0.1) is 0 Å². The molecular formula is C32H58O5. The number of carbonyl (C=O) groups excluding carboxylic acids is 2. The smallest absolute Gasteiger partial charge is 0.313 e. The Morgan fingerprint density at radius 3 is 1.19 bits per heavy atom. The van der Waals surface area contributed by atoms with Gasteiger partial charge in [0, 0.05) is 19.3 Å². The largest absolute Gasteiger partial charge is 0.481 e. The van der Waals surface area contributed by atoms with Crippen molar-refractivity contribution < 1.29 is 24.2 Å². The van der Waals surface area contributed by atoms with Gasteiger partial charge in [0.2, 0.25) is 0 Å². The van der Waals surface area contributed by atoms with E-state index in [9.17, 15) is 14.4 Å². The molecule has 37 heavy (non-hydrogen) atoms. The first kappa shape index (κ1) is 35.4. The molecule has 216 valence electrons. The molecule has 0 fully saturated rings. The molecule has 0 aromatic heterocycles. The number of rotatable bonds is 28. The van der Waals surface area contributed by atoms with Gasteiger partial charge in [-0.1, -0.05) is 122 Å². The van der Waals surface area contributed by atoms with Crippen LogP contribution in [0.25, 0.3) is 0 Å². The van der Waals surface area contributed by atoms with Gasteiger partial charge in [-0.2, -0.15) is 0 Å². The molecule has 0 amide bonds. The third kappa shape index (κ3) is 30.5. The van der Waals surface area contributed by atoms with Crippen molar-refractivity contribution in [1.29, 1.82) is 0 Å². The Labute approximate surface area is 228 Å². The fourth-order valence-electron chi connectivity index (χ4n) is 4.53. The van der Waals surface area contributed by atoms with Gasteiger partial charge in [-0.05, 0) is 44.9 Å². The van der Waals surface area contributed by atoms with Crippen molar-refractivity contribution in [3.05, 3.63) is 12.2 Å². The number of hydrogen-bond donors (Lipinski definition) is 1. The van der Waals surface area contributed by atoms with Crippen molar-refractivity contribution >= 4 is 17.9 Å². The van der Waals surface area contributed by atoms with E-state index < -0.39 is 11.9 Å². The number of carbonyl (C=O) groups is 3. The Bertz CT molecular complexity index is 570. The topological polar surface area (TPSA) is 80.7 Å². The Kier molecular flexibility index (Phi) is 27.6. The van der Waals surface area contributed by atoms with E-state index in [-0.39, 0.29) is 18.8 Å². The number of esters is 2. The van der Waals surface area contributed by atoms with Crippen molar-refractivity contribution in [3.63, 3.8) is 0 Å². The van der Waals surface area contributed by atoms with E-state index in [1.54, 1.807) is 0 Å². The Balaban J connectivity index is 3.32. The van der Waals surface area contributed by atoms with Gasteiger partial charge in [0.15, 0.2) is 0 Å². The molecule has 0 radical (unpaired) electrons. The molecule has 0 saturated heterocycles. The summed E-state index contributed by atoms with van der Waals surface area (Å²) in [4.78, 5) is 34.0. The Morgan fingerprint density at radius 2 is 0.811 bits per heavy atom. The lowest BCUT2D eigenvalue weighted by molar-refractivity contribution is -0.159. The summed E-state index contributed by atoms with van der Waals surface area (Å²) in [5.74, 6) is -1.55. The second kappa shape index (κ2) is 28.9. The number of aliphatic carboxylic acids is 1. The van der Waals surface area contributed by atoms with Gasteiger partial charge in [0.25, 0.3) is 0 Å². The van der Waals surface area contributed by atoms with Crippen LogP contribution in [0.5, 0.6) is 0 Å². The van der Waals surface area contributed by atoms with Gasteiger partial charge in [-0.3, -0.25) is 14.4 Å². The van der Waals surface area contributed by atoms with Gasteiger partial charge in [-0.25, -0.2) is 0 Å². The SMILES string of the molecule is CCCCCCCC/C=C\CCCCCCCCCCCC(=O)OC(=O)CCCCCCCCC(=O)O. The molecule has 0 bridgehead atoms. The number of hydrogen-bond acceptors (Lipinski definition) is 4. The first-order valence-corrected chi connectivity index (χ1v) is 15.7. The molecule has 0 spiro atoms. The molecule has 0 atom stereocenters. The summed E-state index contributed by atoms with van der Waals surface area (Å²) in [7, 11) is 0. The quantitative estimate of drug-likeness (QED) is 0.0478. The monoisotopic (exact) mass is 522 g/mol. The highest BCUT2D eigenvalue weighted by atomic mass is 16.6. The van der Waals surface area contributed by atoms with Gasteiger partial charge in [0.05, 0.1) is 0 Å². The third-order valence-electron chi connectivity index (χ3n) is 6.89. The Morgan fingerprint density at radius 1 is 0.486 bits per heavy atom. The third-order valence-corrected chi connectivity index (χ3v) is 6.89. The van der Waals surface area contributed by atoms with Crippen molar-refractivity contribution in [3.8, 4) is 0 Å². The average molecular weight is 523 g/mol. The summed E-state index contributed by atoms with van der Waals surface area (Å²) in [6, 6.07) is 0. The zero-order valence-corrected chi connectivity index (χ0v) is 24.1. The van der Waals surface area contributed by atoms with Gasteiger partial charge >= 0.3 is 17.9 Å². The summed E-state index contributed by atoms with van der Waals surface area (Å²) in [6.07, 6.45) is 32.3. The average Bonchev–Trinajstić information content (AvgIpc) is 2.86. The highest BCUT2D eigenvalue weighted by Gasteiger charge is 2.10. The lowest BCUT2D eigenvalue weighted by atomic mass is 10.1. The number of carboxylic acids is 1. The van der Waals surface area contributed by atoms with Crippen LogP contribution in [0, 0.1) is 0 Å². The van der Waals surface area contributed by atoms with Crippen LogP contribution >= 0.6 is 0 Å². The van der Waals surface area contributed by atoms with E-state index in [0.29, 0.717) is 12.8 Å². The van der Waals surface area contributed by atoms with E-state index in [1.165, 1.54) is 89.9 Å². The predicted octanol–water partition coefficient (Wildman–Crippen LogP) is 9.86. The normalized spacial score (nSPS) is 11.3. The molecular weight excluding hydrogens is 464 g/mol. The maximum absolute atomic E-state index is 11.8. The number of allylic oxidation sites excluding steroid dienone is 2. The minimum absolute atomic E-state index is 0.228. The van der Waals surface area contributed by atoms with Crippen LogP contribution in [0.1, 0.15) is 174 Å². The number of unbranched alkanes of at least 4 members (excludes halogenated alkanes) is 20. The van der Waals surface area contributed by atoms with E-state index in [2.05, 4.69) is 19.1 Å². The van der Waals surface area contributed by atoms with E-state index in [1.807, 2.05) is 0 Å². The van der Waals surface area contributed by atoms with Crippen LogP contribution < -0.4 is 0 Å². The zero-order chi connectivity index (χ0) is 27.2. The number of ether oxygens (including phenoxy) is 1. The first-order chi connectivity index (χ1) is 18.1. The molecule has 0 aromatic rings. The lowest BCUT2D eigenvalue weighted by Crippen LogP contribution is -2.11. The standard InChI is InChI=1S/C32H58O5/c1-2-3-4-5-6-7-8-9-10-11-12-13-14-15-16-17-18-22-25-28-31(35)37-32(36)29-26-23-20-19-21-24-27-30(33)34/h9-10H,2-8,11-29H2,1H3,(H,33,34)/b10-9-. The molecule has 0 aromatic carbocycles. The molecule has 0 heterocycles. The second-order valence-electron chi connectivity index (χ2n) is 10.6. The van der Waals surface area contributed by atoms with Crippen LogP contribution in [-0.4, -0.2) is 23.0 Å². The molecule has 0 aliphatic carbocycles. The summed E-state index contributed by atoms with van der Waals surface area (Å²) in [6.45, 7) is 2.27. The van der Waals surface area contributed by atoms with Crippen molar-refractivity contribution in [2.75, 3.05) is 0 Å². The highest BCUT2D eigenvalue weighted by molar-refractivity contribution is 5.85. The highest BCUT2D eigenvalue weighted by Crippen LogP contribution is 2.13.